The zero-order valence-electron chi connectivity index (χ0n) is 12.0. The van der Waals surface area contributed by atoms with Crippen LogP contribution < -0.4 is 10.6 Å². The van der Waals surface area contributed by atoms with Crippen LogP contribution in [0.1, 0.15) is 30.1 Å². The van der Waals surface area contributed by atoms with Crippen molar-refractivity contribution < 1.29 is 9.59 Å². The number of hydrogen-bond acceptors (Lipinski definition) is 2. The Bertz CT molecular complexity index is 476. The van der Waals surface area contributed by atoms with E-state index in [1.54, 1.807) is 31.3 Å². The lowest BCUT2D eigenvalue weighted by Crippen LogP contribution is -2.37. The fourth-order valence-corrected chi connectivity index (χ4v) is 2.28. The van der Waals surface area contributed by atoms with Gasteiger partial charge in [-0.3, -0.25) is 4.79 Å². The fourth-order valence-electron chi connectivity index (χ4n) is 2.28. The second-order valence-corrected chi connectivity index (χ2v) is 5.26. The number of urea groups is 1. The van der Waals surface area contributed by atoms with Gasteiger partial charge in [-0.1, -0.05) is 6.92 Å². The highest BCUT2D eigenvalue weighted by Crippen LogP contribution is 2.19. The smallest absolute Gasteiger partial charge is 0.318 e. The number of hydrogen-bond donors (Lipinski definition) is 2. The molecule has 1 aliphatic heterocycles. The number of rotatable bonds is 2. The van der Waals surface area contributed by atoms with E-state index in [-0.39, 0.29) is 11.9 Å². The van der Waals surface area contributed by atoms with Gasteiger partial charge >= 0.3 is 6.03 Å². The lowest BCUT2D eigenvalue weighted by atomic mass is 9.98. The first-order valence-electron chi connectivity index (χ1n) is 6.98. The second-order valence-electron chi connectivity index (χ2n) is 5.26. The molecule has 1 fully saturated rings. The monoisotopic (exact) mass is 275 g/mol. The third-order valence-electron chi connectivity index (χ3n) is 3.69. The van der Waals surface area contributed by atoms with Gasteiger partial charge in [0.15, 0.2) is 0 Å². The van der Waals surface area contributed by atoms with E-state index in [1.165, 1.54) is 0 Å². The average Bonchev–Trinajstić information content (AvgIpc) is 2.48. The van der Waals surface area contributed by atoms with Crippen molar-refractivity contribution in [2.75, 3.05) is 25.5 Å². The quantitative estimate of drug-likeness (QED) is 0.870. The van der Waals surface area contributed by atoms with E-state index in [0.29, 0.717) is 17.2 Å². The van der Waals surface area contributed by atoms with Gasteiger partial charge in [-0.25, -0.2) is 4.79 Å². The van der Waals surface area contributed by atoms with Gasteiger partial charge in [-0.15, -0.1) is 0 Å². The maximum absolute atomic E-state index is 12.3. The molecule has 0 saturated carbocycles. The van der Waals surface area contributed by atoms with Crippen LogP contribution in [0, 0.1) is 5.92 Å². The molecule has 108 valence electrons. The fraction of sp³-hybridized carbons (Fsp3) is 0.467. The summed E-state index contributed by atoms with van der Waals surface area (Å²) < 4.78 is 0. The summed E-state index contributed by atoms with van der Waals surface area (Å²) in [6.45, 7) is 3.89. The van der Waals surface area contributed by atoms with Crippen LogP contribution >= 0.6 is 0 Å². The van der Waals surface area contributed by atoms with Gasteiger partial charge in [0.1, 0.15) is 0 Å². The Morgan fingerprint density at radius 3 is 2.30 bits per heavy atom. The topological polar surface area (TPSA) is 61.4 Å². The maximum Gasteiger partial charge on any atom is 0.318 e. The minimum absolute atomic E-state index is 0.0726. The molecule has 20 heavy (non-hydrogen) atoms. The molecule has 3 amide bonds. The van der Waals surface area contributed by atoms with Crippen LogP contribution in [0.5, 0.6) is 0 Å². The highest BCUT2D eigenvalue weighted by Gasteiger charge is 2.21. The van der Waals surface area contributed by atoms with Gasteiger partial charge in [0.2, 0.25) is 0 Å². The van der Waals surface area contributed by atoms with E-state index in [4.69, 9.17) is 0 Å². The summed E-state index contributed by atoms with van der Waals surface area (Å²) in [4.78, 5) is 25.4. The number of piperidine rings is 1. The Hall–Kier alpha value is -2.04. The average molecular weight is 275 g/mol. The van der Waals surface area contributed by atoms with Gasteiger partial charge in [-0.05, 0) is 43.0 Å². The molecule has 1 heterocycles. The molecule has 1 aliphatic rings. The minimum Gasteiger partial charge on any atom is -0.341 e. The molecule has 2 rings (SSSR count). The van der Waals surface area contributed by atoms with Crippen LogP contribution in [0.3, 0.4) is 0 Å². The Labute approximate surface area is 119 Å². The van der Waals surface area contributed by atoms with Crippen molar-refractivity contribution >= 4 is 17.6 Å². The van der Waals surface area contributed by atoms with Gasteiger partial charge in [-0.2, -0.15) is 0 Å². The number of likely N-dealkylation sites (tertiary alicyclic amines) is 1. The van der Waals surface area contributed by atoms with Crippen LogP contribution in [0.15, 0.2) is 24.3 Å². The Kier molecular flexibility index (Phi) is 4.61. The van der Waals surface area contributed by atoms with Crippen molar-refractivity contribution in [2.45, 2.75) is 19.8 Å². The summed E-state index contributed by atoms with van der Waals surface area (Å²) in [7, 11) is 1.56. The number of nitrogens with one attached hydrogen (secondary N) is 2. The zero-order valence-corrected chi connectivity index (χ0v) is 12.0. The number of amides is 3. The lowest BCUT2D eigenvalue weighted by molar-refractivity contribution is 0.0697. The first-order chi connectivity index (χ1) is 9.60. The maximum atomic E-state index is 12.3. The van der Waals surface area contributed by atoms with Crippen molar-refractivity contribution in [2.24, 2.45) is 5.92 Å². The number of nitrogens with zero attached hydrogens (tertiary/aromatic N) is 1. The SMILES string of the molecule is CNC(=O)Nc1ccc(C(=O)N2CCC(C)CC2)cc1. The standard InChI is InChI=1S/C15H21N3O2/c1-11-7-9-18(10-8-11)14(19)12-3-5-13(6-4-12)17-15(20)16-2/h3-6,11H,7-10H2,1-2H3,(H2,16,17,20). The molecule has 1 saturated heterocycles. The van der Waals surface area contributed by atoms with E-state index < -0.39 is 0 Å². The lowest BCUT2D eigenvalue weighted by Gasteiger charge is -2.30. The Morgan fingerprint density at radius 2 is 1.75 bits per heavy atom. The largest absolute Gasteiger partial charge is 0.341 e. The summed E-state index contributed by atoms with van der Waals surface area (Å²) in [5.41, 5.74) is 1.34. The third kappa shape index (κ3) is 3.50. The normalized spacial score (nSPS) is 15.8. The molecule has 0 aliphatic carbocycles. The number of carbonyl (C=O) groups is 2. The van der Waals surface area contributed by atoms with Crippen molar-refractivity contribution in [3.05, 3.63) is 29.8 Å². The first kappa shape index (κ1) is 14.4. The van der Waals surface area contributed by atoms with Gasteiger partial charge in [0.25, 0.3) is 5.91 Å². The van der Waals surface area contributed by atoms with Gasteiger partial charge in [0.05, 0.1) is 0 Å². The third-order valence-corrected chi connectivity index (χ3v) is 3.69. The molecule has 5 nitrogen and oxygen atoms in total. The van der Waals surface area contributed by atoms with E-state index in [1.807, 2.05) is 4.90 Å². The highest BCUT2D eigenvalue weighted by molar-refractivity contribution is 5.95. The van der Waals surface area contributed by atoms with E-state index in [2.05, 4.69) is 17.6 Å². The van der Waals surface area contributed by atoms with Crippen molar-refractivity contribution in [1.82, 2.24) is 10.2 Å². The Morgan fingerprint density at radius 1 is 1.15 bits per heavy atom. The predicted octanol–water partition coefficient (Wildman–Crippen LogP) is 2.31. The molecule has 0 spiro atoms. The summed E-state index contributed by atoms with van der Waals surface area (Å²) in [6.07, 6.45) is 2.14. The van der Waals surface area contributed by atoms with Crippen LogP contribution in [0.2, 0.25) is 0 Å². The molecular formula is C15H21N3O2. The highest BCUT2D eigenvalue weighted by atomic mass is 16.2. The van der Waals surface area contributed by atoms with Crippen LogP contribution in [-0.4, -0.2) is 37.0 Å². The number of anilines is 1. The molecule has 0 bridgehead atoms. The van der Waals surface area contributed by atoms with Crippen molar-refractivity contribution in [1.29, 1.82) is 0 Å². The summed E-state index contributed by atoms with van der Waals surface area (Å²) >= 11 is 0. The summed E-state index contributed by atoms with van der Waals surface area (Å²) in [5, 5.41) is 5.15. The van der Waals surface area contributed by atoms with E-state index >= 15 is 0 Å². The number of benzene rings is 1. The number of carbonyl (C=O) groups excluding carboxylic acids is 2. The van der Waals surface area contributed by atoms with Gasteiger partial charge in [0, 0.05) is 31.4 Å². The molecule has 1 aromatic carbocycles. The minimum atomic E-state index is -0.269. The zero-order chi connectivity index (χ0) is 14.5. The molecule has 0 radical (unpaired) electrons. The summed E-state index contributed by atoms with van der Waals surface area (Å²) in [6, 6.07) is 6.73. The molecule has 0 aromatic heterocycles. The molecule has 0 unspecified atom stereocenters. The van der Waals surface area contributed by atoms with Crippen molar-refractivity contribution in [3.63, 3.8) is 0 Å². The summed E-state index contributed by atoms with van der Waals surface area (Å²) in [5.74, 6) is 0.779. The van der Waals surface area contributed by atoms with E-state index in [0.717, 1.165) is 25.9 Å². The van der Waals surface area contributed by atoms with Crippen LogP contribution in [0.4, 0.5) is 10.5 Å². The first-order valence-corrected chi connectivity index (χ1v) is 6.98. The Balaban J connectivity index is 1.98. The van der Waals surface area contributed by atoms with Crippen LogP contribution in [0.25, 0.3) is 0 Å². The molecule has 0 atom stereocenters. The molecule has 2 N–H and O–H groups in total. The van der Waals surface area contributed by atoms with Crippen LogP contribution in [-0.2, 0) is 0 Å². The molecular weight excluding hydrogens is 254 g/mol. The van der Waals surface area contributed by atoms with Crippen molar-refractivity contribution in [3.8, 4) is 0 Å². The van der Waals surface area contributed by atoms with Gasteiger partial charge < -0.3 is 15.5 Å². The predicted molar refractivity (Wildman–Crippen MR) is 78.8 cm³/mol. The molecule has 5 heteroatoms. The molecule has 1 aromatic rings. The second kappa shape index (κ2) is 6.41. The van der Waals surface area contributed by atoms with E-state index in [9.17, 15) is 9.59 Å².